The standard InChI is InChI=1S/C21H17F2N5O3/c22-13-5-12(6-14(23)7-13)19-3-4-25-28(19)21(30)27-10-16(11-27)31-15-1-2-17-18(8-15)26-20(29)9-24-17/h1-2,4-9,16,19H,3,10-11H2,(H,26,29)/t19-/m0/s1. The summed E-state index contributed by atoms with van der Waals surface area (Å²) in [7, 11) is 0. The molecule has 0 saturated carbocycles. The smallest absolute Gasteiger partial charge is 0.341 e. The number of carbonyl (C=O) groups excluding carboxylic acids is 1. The predicted molar refractivity (Wildman–Crippen MR) is 108 cm³/mol. The maximum Gasteiger partial charge on any atom is 0.341 e. The fraction of sp³-hybridized carbons (Fsp3) is 0.238. The van der Waals surface area contributed by atoms with E-state index in [1.807, 2.05) is 0 Å². The molecule has 1 aromatic heterocycles. The van der Waals surface area contributed by atoms with Crippen LogP contribution in [0.1, 0.15) is 18.0 Å². The van der Waals surface area contributed by atoms with E-state index in [1.165, 1.54) is 23.3 Å². The van der Waals surface area contributed by atoms with E-state index in [4.69, 9.17) is 4.74 Å². The highest BCUT2D eigenvalue weighted by atomic mass is 19.1. The van der Waals surface area contributed by atoms with Gasteiger partial charge < -0.3 is 14.6 Å². The second-order valence-corrected chi connectivity index (χ2v) is 7.45. The summed E-state index contributed by atoms with van der Waals surface area (Å²) in [6, 6.07) is 7.49. The highest BCUT2D eigenvalue weighted by Gasteiger charge is 2.39. The van der Waals surface area contributed by atoms with Crippen LogP contribution < -0.4 is 10.3 Å². The second-order valence-electron chi connectivity index (χ2n) is 7.45. The number of hydrogen-bond acceptors (Lipinski definition) is 5. The summed E-state index contributed by atoms with van der Waals surface area (Å²) in [5.74, 6) is -0.835. The molecule has 10 heteroatoms. The molecule has 2 amide bonds. The number of aromatic amines is 1. The Morgan fingerprint density at radius 1 is 1.13 bits per heavy atom. The number of aromatic nitrogens is 2. The van der Waals surface area contributed by atoms with E-state index >= 15 is 0 Å². The van der Waals surface area contributed by atoms with Crippen LogP contribution in [0.25, 0.3) is 11.0 Å². The molecule has 8 nitrogen and oxygen atoms in total. The van der Waals surface area contributed by atoms with Crippen LogP contribution in [0.2, 0.25) is 0 Å². The Morgan fingerprint density at radius 2 is 1.90 bits per heavy atom. The molecular weight excluding hydrogens is 408 g/mol. The first-order chi connectivity index (χ1) is 15.0. The van der Waals surface area contributed by atoms with Gasteiger partial charge in [0.25, 0.3) is 5.56 Å². The molecule has 2 aliphatic rings. The van der Waals surface area contributed by atoms with Gasteiger partial charge in [-0.1, -0.05) is 0 Å². The summed E-state index contributed by atoms with van der Waals surface area (Å²) >= 11 is 0. The summed E-state index contributed by atoms with van der Waals surface area (Å²) < 4.78 is 33.1. The third kappa shape index (κ3) is 3.72. The molecule has 1 N–H and O–H groups in total. The van der Waals surface area contributed by atoms with Crippen LogP contribution in [0.15, 0.2) is 52.5 Å². The van der Waals surface area contributed by atoms with Crippen molar-refractivity contribution in [2.24, 2.45) is 5.10 Å². The Balaban J connectivity index is 1.23. The summed E-state index contributed by atoms with van der Waals surface area (Å²) in [5, 5.41) is 5.34. The zero-order valence-corrected chi connectivity index (χ0v) is 16.2. The van der Waals surface area contributed by atoms with E-state index in [1.54, 1.807) is 29.3 Å². The monoisotopic (exact) mass is 425 g/mol. The number of nitrogens with zero attached hydrogens (tertiary/aromatic N) is 4. The first-order valence-corrected chi connectivity index (χ1v) is 9.68. The largest absolute Gasteiger partial charge is 0.487 e. The molecule has 0 unspecified atom stereocenters. The van der Waals surface area contributed by atoms with Gasteiger partial charge in [-0.05, 0) is 29.8 Å². The molecule has 2 aromatic carbocycles. The van der Waals surface area contributed by atoms with Crippen molar-refractivity contribution in [3.8, 4) is 5.75 Å². The summed E-state index contributed by atoms with van der Waals surface area (Å²) in [6.07, 6.45) is 2.93. The Morgan fingerprint density at radius 3 is 2.68 bits per heavy atom. The molecule has 5 rings (SSSR count). The van der Waals surface area contributed by atoms with Gasteiger partial charge in [-0.3, -0.25) is 4.79 Å². The van der Waals surface area contributed by atoms with Gasteiger partial charge in [-0.2, -0.15) is 5.10 Å². The van der Waals surface area contributed by atoms with Gasteiger partial charge in [-0.15, -0.1) is 0 Å². The number of rotatable bonds is 3. The SMILES string of the molecule is O=C(N1CC(Oc2ccc3ncc(=O)[nH]c3c2)C1)N1N=CC[C@H]1c1cc(F)cc(F)c1. The molecule has 3 aromatic rings. The van der Waals surface area contributed by atoms with Crippen molar-refractivity contribution in [3.63, 3.8) is 0 Å². The van der Waals surface area contributed by atoms with Crippen molar-refractivity contribution in [1.29, 1.82) is 0 Å². The van der Waals surface area contributed by atoms with Gasteiger partial charge >= 0.3 is 6.03 Å². The van der Waals surface area contributed by atoms with Crippen LogP contribution in [0.5, 0.6) is 5.75 Å². The molecule has 1 saturated heterocycles. The molecule has 158 valence electrons. The average Bonchev–Trinajstić information content (AvgIpc) is 3.19. The highest BCUT2D eigenvalue weighted by molar-refractivity contribution is 5.79. The average molecular weight is 425 g/mol. The van der Waals surface area contributed by atoms with Gasteiger partial charge in [0, 0.05) is 24.8 Å². The molecular formula is C21H17F2N5O3. The third-order valence-electron chi connectivity index (χ3n) is 5.26. The topological polar surface area (TPSA) is 90.9 Å². The molecule has 0 spiro atoms. The van der Waals surface area contributed by atoms with Crippen molar-refractivity contribution >= 4 is 23.3 Å². The lowest BCUT2D eigenvalue weighted by molar-refractivity contribution is 0.0278. The summed E-state index contributed by atoms with van der Waals surface area (Å²) in [5.41, 5.74) is 1.26. The third-order valence-corrected chi connectivity index (χ3v) is 5.26. The fourth-order valence-corrected chi connectivity index (χ4v) is 3.74. The molecule has 0 bridgehead atoms. The number of fused-ring (bicyclic) bond motifs is 1. The van der Waals surface area contributed by atoms with Crippen LogP contribution in [0, 0.1) is 11.6 Å². The molecule has 1 atom stereocenters. The Bertz CT molecular complexity index is 1230. The van der Waals surface area contributed by atoms with Crippen molar-refractivity contribution in [3.05, 3.63) is 70.1 Å². The van der Waals surface area contributed by atoms with Crippen LogP contribution >= 0.6 is 0 Å². The van der Waals surface area contributed by atoms with E-state index in [2.05, 4.69) is 15.1 Å². The lowest BCUT2D eigenvalue weighted by Gasteiger charge is -2.41. The van der Waals surface area contributed by atoms with Crippen LogP contribution in [0.4, 0.5) is 13.6 Å². The molecule has 3 heterocycles. The number of halogens is 2. The zero-order chi connectivity index (χ0) is 21.5. The first-order valence-electron chi connectivity index (χ1n) is 9.68. The van der Waals surface area contributed by atoms with Gasteiger partial charge in [0.15, 0.2) is 0 Å². The lowest BCUT2D eigenvalue weighted by Crippen LogP contribution is -2.58. The Kier molecular flexibility index (Phi) is 4.61. The normalized spacial score (nSPS) is 18.5. The summed E-state index contributed by atoms with van der Waals surface area (Å²) in [6.45, 7) is 0.688. The lowest BCUT2D eigenvalue weighted by atomic mass is 10.0. The van der Waals surface area contributed by atoms with Gasteiger partial charge in [0.2, 0.25) is 0 Å². The Hall–Kier alpha value is -3.82. The maximum absolute atomic E-state index is 13.6. The number of urea groups is 1. The van der Waals surface area contributed by atoms with Crippen molar-refractivity contribution < 1.29 is 18.3 Å². The highest BCUT2D eigenvalue weighted by Crippen LogP contribution is 2.31. The van der Waals surface area contributed by atoms with Crippen LogP contribution in [-0.2, 0) is 0 Å². The minimum absolute atomic E-state index is 0.221. The number of hydrogen-bond donors (Lipinski definition) is 1. The number of likely N-dealkylation sites (tertiary alicyclic amines) is 1. The van der Waals surface area contributed by atoms with Gasteiger partial charge in [0.05, 0.1) is 36.4 Å². The first kappa shape index (κ1) is 19.2. The van der Waals surface area contributed by atoms with Gasteiger partial charge in [0.1, 0.15) is 23.5 Å². The second kappa shape index (κ2) is 7.46. The number of hydrazone groups is 1. The minimum Gasteiger partial charge on any atom is -0.487 e. The van der Waals surface area contributed by atoms with Crippen molar-refractivity contribution in [1.82, 2.24) is 19.9 Å². The zero-order valence-electron chi connectivity index (χ0n) is 16.2. The number of ether oxygens (including phenoxy) is 1. The number of benzene rings is 2. The fourth-order valence-electron chi connectivity index (χ4n) is 3.74. The molecule has 0 radical (unpaired) electrons. The molecule has 0 aliphatic carbocycles. The minimum atomic E-state index is -0.696. The number of H-pyrrole nitrogens is 1. The molecule has 2 aliphatic heterocycles. The number of carbonyl (C=O) groups is 1. The van der Waals surface area contributed by atoms with E-state index in [0.717, 1.165) is 6.07 Å². The maximum atomic E-state index is 13.6. The van der Waals surface area contributed by atoms with E-state index in [0.29, 0.717) is 41.9 Å². The Labute approximate surface area is 174 Å². The van der Waals surface area contributed by atoms with Crippen LogP contribution in [0.3, 0.4) is 0 Å². The number of nitrogens with one attached hydrogen (secondary N) is 1. The number of amides is 2. The molecule has 31 heavy (non-hydrogen) atoms. The van der Waals surface area contributed by atoms with Crippen LogP contribution in [-0.4, -0.2) is 51.3 Å². The van der Waals surface area contributed by atoms with E-state index in [-0.39, 0.29) is 17.7 Å². The molecule has 1 fully saturated rings. The van der Waals surface area contributed by atoms with Gasteiger partial charge in [-0.25, -0.2) is 23.6 Å². The van der Waals surface area contributed by atoms with E-state index in [9.17, 15) is 18.4 Å². The quantitative estimate of drug-likeness (QED) is 0.699. The van der Waals surface area contributed by atoms with E-state index < -0.39 is 17.7 Å². The van der Waals surface area contributed by atoms with Crippen molar-refractivity contribution in [2.45, 2.75) is 18.6 Å². The van der Waals surface area contributed by atoms with Crippen molar-refractivity contribution in [2.75, 3.05) is 13.1 Å². The summed E-state index contributed by atoms with van der Waals surface area (Å²) in [4.78, 5) is 32.6. The predicted octanol–water partition coefficient (Wildman–Crippen LogP) is 2.82.